The number of carbonyl (C=O) groups is 6. The van der Waals surface area contributed by atoms with E-state index >= 15 is 0 Å². The average Bonchev–Trinajstić information content (AvgIpc) is 3.61. The molecule has 4 aromatic carbocycles. The highest BCUT2D eigenvalue weighted by atomic mass is 16.6. The number of unbranched alkanes of at least 4 members (excludes halogenated alkanes) is 1. The molecule has 6 N–H and O–H groups in total. The Morgan fingerprint density at radius 1 is 0.597 bits per heavy atom. The van der Waals surface area contributed by atoms with Gasteiger partial charge in [0.25, 0.3) is 0 Å². The van der Waals surface area contributed by atoms with Crippen molar-refractivity contribution in [1.29, 1.82) is 0 Å². The predicted octanol–water partition coefficient (Wildman–Crippen LogP) is 10.6. The Balaban J connectivity index is 1.21. The topological polar surface area (TPSA) is 238 Å². The molecule has 17 nitrogen and oxygen atoms in total. The number of esters is 2. The number of ether oxygens (including phenoxy) is 4. The number of fused-ring (bicyclic) bond motifs is 3. The van der Waals surface area contributed by atoms with Gasteiger partial charge in [-0.3, -0.25) is 14.4 Å². The number of amides is 4. The van der Waals surface area contributed by atoms with E-state index in [9.17, 15) is 28.8 Å². The summed E-state index contributed by atoms with van der Waals surface area (Å²) < 4.78 is 22.4. The fourth-order valence-corrected chi connectivity index (χ4v) is 7.89. The number of nitrogens with one attached hydrogen (secondary N) is 4. The van der Waals surface area contributed by atoms with Gasteiger partial charge in [-0.15, -0.1) is 0 Å². The lowest BCUT2D eigenvalue weighted by molar-refractivity contribution is -0.163. The van der Waals surface area contributed by atoms with Gasteiger partial charge < -0.3 is 45.9 Å². The molecule has 0 fully saturated rings. The quantitative estimate of drug-likeness (QED) is 0.0173. The zero-order valence-corrected chi connectivity index (χ0v) is 43.0. The Morgan fingerprint density at radius 3 is 1.71 bits per heavy atom. The second-order valence-corrected chi connectivity index (χ2v) is 20.8. The molecule has 0 aromatic heterocycles. The van der Waals surface area contributed by atoms with E-state index in [1.54, 1.807) is 111 Å². The van der Waals surface area contributed by atoms with Gasteiger partial charge in [-0.25, -0.2) is 14.4 Å². The number of carbonyl (C=O) groups excluding carboxylic acids is 6. The Kier molecular flexibility index (Phi) is 19.5. The maximum atomic E-state index is 13.9. The number of nitrogens with two attached hydrogens (primary N) is 1. The molecule has 1 aliphatic carbocycles. The molecule has 17 heteroatoms. The maximum absolute atomic E-state index is 13.9. The van der Waals surface area contributed by atoms with E-state index in [-0.39, 0.29) is 51.2 Å². The van der Waals surface area contributed by atoms with Crippen LogP contribution in [0.2, 0.25) is 0 Å². The standard InChI is InChI=1S/C55H71N7O10/c1-53(2,3)70-49(65)35(33-46(50(66)71-54(4,5)6)60-52(68)72-55(7,8)9)17-16-23-47(63)59-45(48(64)58-37-28-30-39(31-29-37)62-61-38-26-24-36(56)25-27-38)22-14-15-32-57-51(67)69-34-44-42-20-12-10-18-40(42)41-19-11-13-21-43(41)44/h10-13,18-21,24-31,35,44-46H,14-17,22-23,32-34,56H2,1-9H3,(H,57,67)(H,58,64)(H,59,63)(H,60,68)/t35-,45+,46+/m1/s1. The minimum atomic E-state index is -1.28. The second-order valence-electron chi connectivity index (χ2n) is 20.8. The van der Waals surface area contributed by atoms with Gasteiger partial charge in [-0.05, 0) is 172 Å². The van der Waals surface area contributed by atoms with Crippen LogP contribution in [0.25, 0.3) is 11.1 Å². The summed E-state index contributed by atoms with van der Waals surface area (Å²) in [5.74, 6) is -3.34. The summed E-state index contributed by atoms with van der Waals surface area (Å²) in [7, 11) is 0. The number of nitrogens with zero attached hydrogens (tertiary/aromatic N) is 2. The van der Waals surface area contributed by atoms with Gasteiger partial charge in [-0.2, -0.15) is 10.2 Å². The highest BCUT2D eigenvalue weighted by molar-refractivity contribution is 5.97. The monoisotopic (exact) mass is 990 g/mol. The average molecular weight is 990 g/mol. The summed E-state index contributed by atoms with van der Waals surface area (Å²) in [5.41, 5.74) is 9.83. The van der Waals surface area contributed by atoms with Crippen LogP contribution in [0.4, 0.5) is 32.3 Å². The highest BCUT2D eigenvalue weighted by Crippen LogP contribution is 2.44. The number of nitrogen functional groups attached to an aromatic ring is 1. The lowest BCUT2D eigenvalue weighted by Gasteiger charge is -2.29. The Morgan fingerprint density at radius 2 is 1.14 bits per heavy atom. The van der Waals surface area contributed by atoms with Crippen LogP contribution in [0, 0.1) is 5.92 Å². The summed E-state index contributed by atoms with van der Waals surface area (Å²) in [6.07, 6.45) is -0.293. The summed E-state index contributed by atoms with van der Waals surface area (Å²) in [6.45, 7) is 15.7. The number of hydrogen-bond acceptors (Lipinski definition) is 13. The van der Waals surface area contributed by atoms with Crippen LogP contribution in [-0.2, 0) is 38.1 Å². The van der Waals surface area contributed by atoms with Crippen LogP contribution in [0.3, 0.4) is 0 Å². The summed E-state index contributed by atoms with van der Waals surface area (Å²) in [4.78, 5) is 80.4. The van der Waals surface area contributed by atoms with Gasteiger partial charge in [0.15, 0.2) is 0 Å². The third-order valence-corrected chi connectivity index (χ3v) is 11.1. The van der Waals surface area contributed by atoms with Crippen LogP contribution in [0.15, 0.2) is 107 Å². The third-order valence-electron chi connectivity index (χ3n) is 11.1. The Hall–Kier alpha value is -7.30. The lowest BCUT2D eigenvalue weighted by Crippen LogP contribution is -2.47. The van der Waals surface area contributed by atoms with Crippen molar-refractivity contribution in [2.75, 3.05) is 24.2 Å². The molecular formula is C55H71N7O10. The van der Waals surface area contributed by atoms with Crippen molar-refractivity contribution in [3.05, 3.63) is 108 Å². The number of hydrogen-bond donors (Lipinski definition) is 5. The van der Waals surface area contributed by atoms with E-state index in [1.807, 2.05) is 24.3 Å². The molecule has 0 saturated heterocycles. The van der Waals surface area contributed by atoms with E-state index in [0.717, 1.165) is 22.3 Å². The number of azo groups is 1. The molecule has 0 unspecified atom stereocenters. The fourth-order valence-electron chi connectivity index (χ4n) is 7.89. The lowest BCUT2D eigenvalue weighted by atomic mass is 9.93. The van der Waals surface area contributed by atoms with Gasteiger partial charge in [0.1, 0.15) is 35.5 Å². The van der Waals surface area contributed by atoms with Gasteiger partial charge in [0, 0.05) is 30.3 Å². The van der Waals surface area contributed by atoms with Crippen LogP contribution in [-0.4, -0.2) is 78.0 Å². The first kappa shape index (κ1) is 55.6. The van der Waals surface area contributed by atoms with Crippen molar-refractivity contribution in [2.24, 2.45) is 16.1 Å². The van der Waals surface area contributed by atoms with Crippen LogP contribution in [0.1, 0.15) is 124 Å². The summed E-state index contributed by atoms with van der Waals surface area (Å²) >= 11 is 0. The molecule has 386 valence electrons. The SMILES string of the molecule is CC(C)(C)OC(=O)N[C@@H](C[C@@H](CCCC(=O)N[C@@H](CCCCNC(=O)OCC1c2ccccc2-c2ccccc21)C(=O)Nc1ccc(N=Nc2ccc(N)cc2)cc1)C(=O)OC(C)(C)C)C(=O)OC(C)(C)C. The zero-order chi connectivity index (χ0) is 52.6. The third kappa shape index (κ3) is 18.5. The first-order valence-electron chi connectivity index (χ1n) is 24.4. The molecule has 72 heavy (non-hydrogen) atoms. The molecule has 0 radical (unpaired) electrons. The van der Waals surface area contributed by atoms with Crippen molar-refractivity contribution in [1.82, 2.24) is 16.0 Å². The molecule has 5 rings (SSSR count). The minimum Gasteiger partial charge on any atom is -0.460 e. The van der Waals surface area contributed by atoms with Crippen molar-refractivity contribution < 1.29 is 47.7 Å². The van der Waals surface area contributed by atoms with Gasteiger partial charge in [-0.1, -0.05) is 48.5 Å². The van der Waals surface area contributed by atoms with E-state index in [4.69, 9.17) is 24.7 Å². The first-order chi connectivity index (χ1) is 33.9. The largest absolute Gasteiger partial charge is 0.460 e. The highest BCUT2D eigenvalue weighted by Gasteiger charge is 2.35. The normalized spacial score (nSPS) is 13.7. The van der Waals surface area contributed by atoms with Crippen molar-refractivity contribution >= 4 is 58.7 Å². The van der Waals surface area contributed by atoms with Crippen LogP contribution < -0.4 is 27.0 Å². The zero-order valence-electron chi connectivity index (χ0n) is 43.0. The molecule has 4 aromatic rings. The molecule has 1 aliphatic rings. The van der Waals surface area contributed by atoms with E-state index in [0.29, 0.717) is 35.6 Å². The number of alkyl carbamates (subject to hydrolysis) is 2. The minimum absolute atomic E-state index is 0.0836. The Bertz CT molecular complexity index is 2480. The van der Waals surface area contributed by atoms with Crippen LogP contribution >= 0.6 is 0 Å². The van der Waals surface area contributed by atoms with Crippen molar-refractivity contribution in [2.45, 2.75) is 142 Å². The van der Waals surface area contributed by atoms with E-state index in [2.05, 4.69) is 55.8 Å². The van der Waals surface area contributed by atoms with E-state index in [1.165, 1.54) is 0 Å². The van der Waals surface area contributed by atoms with Gasteiger partial charge in [0.05, 0.1) is 17.3 Å². The van der Waals surface area contributed by atoms with Gasteiger partial charge in [0.2, 0.25) is 11.8 Å². The molecular weight excluding hydrogens is 919 g/mol. The van der Waals surface area contributed by atoms with E-state index < -0.39 is 70.7 Å². The molecule has 0 bridgehead atoms. The van der Waals surface area contributed by atoms with Gasteiger partial charge >= 0.3 is 24.1 Å². The van der Waals surface area contributed by atoms with Crippen LogP contribution in [0.5, 0.6) is 0 Å². The number of rotatable bonds is 21. The van der Waals surface area contributed by atoms with Crippen molar-refractivity contribution in [3.63, 3.8) is 0 Å². The second kappa shape index (κ2) is 25.2. The smallest absolute Gasteiger partial charge is 0.408 e. The maximum Gasteiger partial charge on any atom is 0.408 e. The number of anilines is 2. The summed E-state index contributed by atoms with van der Waals surface area (Å²) in [6, 6.07) is 27.6. The molecule has 0 heterocycles. The molecule has 0 aliphatic heterocycles. The molecule has 0 spiro atoms. The molecule has 0 saturated carbocycles. The molecule has 3 atom stereocenters. The Labute approximate surface area is 422 Å². The summed E-state index contributed by atoms with van der Waals surface area (Å²) in [5, 5.41) is 19.6. The van der Waals surface area contributed by atoms with Crippen molar-refractivity contribution in [3.8, 4) is 11.1 Å². The fraction of sp³-hybridized carbons (Fsp3) is 0.455. The molecule has 4 amide bonds. The first-order valence-corrected chi connectivity index (χ1v) is 24.4. The number of benzene rings is 4. The predicted molar refractivity (Wildman–Crippen MR) is 276 cm³/mol.